The molecule has 0 bridgehead atoms. The second-order valence-electron chi connectivity index (χ2n) is 7.37. The third-order valence-corrected chi connectivity index (χ3v) is 5.32. The van der Waals surface area contributed by atoms with Crippen molar-refractivity contribution in [1.29, 1.82) is 0 Å². The zero-order valence-electron chi connectivity index (χ0n) is 17.0. The molecule has 0 aromatic heterocycles. The minimum absolute atomic E-state index is 0.260. The largest absolute Gasteiger partial charge is 0.467 e. The van der Waals surface area contributed by atoms with Crippen LogP contribution < -0.4 is 5.32 Å². The van der Waals surface area contributed by atoms with Gasteiger partial charge in [-0.25, -0.2) is 4.79 Å². The lowest BCUT2D eigenvalue weighted by Crippen LogP contribution is -2.41. The number of ether oxygens (including phenoxy) is 1. The van der Waals surface area contributed by atoms with Gasteiger partial charge < -0.3 is 10.1 Å². The van der Waals surface area contributed by atoms with Crippen LogP contribution in [0.2, 0.25) is 0 Å². The highest BCUT2D eigenvalue weighted by Crippen LogP contribution is 2.36. The van der Waals surface area contributed by atoms with Gasteiger partial charge in [0.05, 0.1) is 7.11 Å². The van der Waals surface area contributed by atoms with Crippen molar-refractivity contribution in [2.45, 2.75) is 19.4 Å². The van der Waals surface area contributed by atoms with Crippen molar-refractivity contribution in [1.82, 2.24) is 5.32 Å². The van der Waals surface area contributed by atoms with Crippen molar-refractivity contribution in [3.63, 3.8) is 0 Å². The van der Waals surface area contributed by atoms with Crippen molar-refractivity contribution in [3.8, 4) is 11.1 Å². The molecule has 1 unspecified atom stereocenters. The van der Waals surface area contributed by atoms with Crippen molar-refractivity contribution in [2.24, 2.45) is 0 Å². The van der Waals surface area contributed by atoms with E-state index in [1.165, 1.54) is 41.1 Å². The van der Waals surface area contributed by atoms with E-state index in [1.807, 2.05) is 12.1 Å². The highest BCUT2D eigenvalue weighted by Gasteiger charge is 2.20. The summed E-state index contributed by atoms with van der Waals surface area (Å²) in [7, 11) is 1.33. The molecule has 0 aliphatic rings. The van der Waals surface area contributed by atoms with E-state index in [9.17, 15) is 9.59 Å². The Hall–Kier alpha value is -3.66. The summed E-state index contributed by atoms with van der Waals surface area (Å²) in [6.07, 6.45) is 0.378. The third kappa shape index (κ3) is 3.90. The van der Waals surface area contributed by atoms with E-state index in [4.69, 9.17) is 4.74 Å². The van der Waals surface area contributed by atoms with Gasteiger partial charge in [-0.3, -0.25) is 4.79 Å². The highest BCUT2D eigenvalue weighted by molar-refractivity contribution is 6.12. The Morgan fingerprint density at radius 3 is 1.97 bits per heavy atom. The molecule has 1 atom stereocenters. The highest BCUT2D eigenvalue weighted by atomic mass is 16.5. The first-order chi connectivity index (χ1) is 14.6. The molecule has 0 aliphatic carbocycles. The number of hydrogen-bond donors (Lipinski definition) is 1. The second kappa shape index (κ2) is 8.37. The Morgan fingerprint density at radius 2 is 1.43 bits per heavy atom. The molecule has 4 rings (SSSR count). The lowest BCUT2D eigenvalue weighted by molar-refractivity contribution is -0.144. The summed E-state index contributed by atoms with van der Waals surface area (Å²) in [5.74, 6) is -0.710. The Morgan fingerprint density at radius 1 is 0.867 bits per heavy atom. The molecular formula is C26H23NO3. The van der Waals surface area contributed by atoms with Crippen LogP contribution >= 0.6 is 0 Å². The summed E-state index contributed by atoms with van der Waals surface area (Å²) >= 11 is 0. The summed E-state index contributed by atoms with van der Waals surface area (Å²) in [4.78, 5) is 23.4. The van der Waals surface area contributed by atoms with Crippen LogP contribution in [0.4, 0.5) is 0 Å². The van der Waals surface area contributed by atoms with Crippen LogP contribution in [0.1, 0.15) is 12.5 Å². The van der Waals surface area contributed by atoms with Gasteiger partial charge in [-0.2, -0.15) is 0 Å². The molecule has 0 saturated heterocycles. The predicted octanol–water partition coefficient (Wildman–Crippen LogP) is 4.88. The molecule has 0 heterocycles. The fourth-order valence-electron chi connectivity index (χ4n) is 3.95. The molecule has 1 N–H and O–H groups in total. The summed E-state index contributed by atoms with van der Waals surface area (Å²) in [5.41, 5.74) is 3.26. The zero-order valence-corrected chi connectivity index (χ0v) is 17.0. The predicted molar refractivity (Wildman–Crippen MR) is 120 cm³/mol. The number of nitrogens with one attached hydrogen (secondary N) is 1. The molecule has 30 heavy (non-hydrogen) atoms. The van der Waals surface area contributed by atoms with Gasteiger partial charge in [-0.05, 0) is 44.3 Å². The zero-order chi connectivity index (χ0) is 21.1. The van der Waals surface area contributed by atoms with Gasteiger partial charge in [0.25, 0.3) is 0 Å². The topological polar surface area (TPSA) is 55.4 Å². The van der Waals surface area contributed by atoms with Crippen LogP contribution in [0.15, 0.2) is 78.9 Å². The minimum Gasteiger partial charge on any atom is -0.467 e. The molecule has 0 spiro atoms. The Kier molecular flexibility index (Phi) is 5.48. The average Bonchev–Trinajstić information content (AvgIpc) is 2.76. The second-order valence-corrected chi connectivity index (χ2v) is 7.37. The van der Waals surface area contributed by atoms with E-state index in [2.05, 4.69) is 72.0 Å². The molecule has 0 saturated carbocycles. The number of amides is 1. The molecule has 0 fully saturated rings. The van der Waals surface area contributed by atoms with Crippen LogP contribution in [-0.4, -0.2) is 25.0 Å². The monoisotopic (exact) mass is 397 g/mol. The molecule has 4 aromatic rings. The Balaban J connectivity index is 1.74. The van der Waals surface area contributed by atoms with E-state index >= 15 is 0 Å². The Labute approximate surface area is 175 Å². The fraction of sp³-hybridized carbons (Fsp3) is 0.154. The first-order valence-electron chi connectivity index (χ1n) is 9.91. The van der Waals surface area contributed by atoms with E-state index in [-0.39, 0.29) is 5.91 Å². The quantitative estimate of drug-likeness (QED) is 0.386. The van der Waals surface area contributed by atoms with Gasteiger partial charge in [-0.15, -0.1) is 0 Å². The fourth-order valence-corrected chi connectivity index (χ4v) is 3.95. The van der Waals surface area contributed by atoms with Gasteiger partial charge in [0, 0.05) is 13.3 Å². The van der Waals surface area contributed by atoms with E-state index in [1.54, 1.807) is 0 Å². The minimum atomic E-state index is -0.697. The molecule has 4 nitrogen and oxygen atoms in total. The number of rotatable bonds is 5. The lowest BCUT2D eigenvalue weighted by Gasteiger charge is -2.16. The number of fused-ring (bicyclic) bond motifs is 2. The third-order valence-electron chi connectivity index (χ3n) is 5.32. The standard InChI is InChI=1S/C26H23NO3/c1-17(28)27-24(26(29)30-2)15-18-11-13-19(14-12-18)25-22-9-5-3-7-20(22)16-21-8-4-6-10-23(21)25/h3-14,16,24H,15H2,1-2H3,(H,27,28). The van der Waals surface area contributed by atoms with Crippen LogP contribution in [0.3, 0.4) is 0 Å². The molecule has 4 aromatic carbocycles. The maximum atomic E-state index is 12.0. The number of carbonyl (C=O) groups excluding carboxylic acids is 2. The van der Waals surface area contributed by atoms with E-state index < -0.39 is 12.0 Å². The SMILES string of the molecule is COC(=O)C(Cc1ccc(-c2c3ccccc3cc3ccccc23)cc1)NC(C)=O. The number of hydrogen-bond acceptors (Lipinski definition) is 3. The van der Waals surface area contributed by atoms with Crippen molar-refractivity contribution < 1.29 is 14.3 Å². The maximum absolute atomic E-state index is 12.0. The van der Waals surface area contributed by atoms with Gasteiger partial charge >= 0.3 is 5.97 Å². The first-order valence-corrected chi connectivity index (χ1v) is 9.91. The van der Waals surface area contributed by atoms with Gasteiger partial charge in [0.2, 0.25) is 5.91 Å². The molecule has 0 aliphatic heterocycles. The van der Waals surface area contributed by atoms with Crippen LogP contribution in [0, 0.1) is 0 Å². The van der Waals surface area contributed by atoms with Gasteiger partial charge in [0.15, 0.2) is 0 Å². The normalized spacial score (nSPS) is 11.9. The summed E-state index contributed by atoms with van der Waals surface area (Å²) in [6.45, 7) is 1.39. The van der Waals surface area contributed by atoms with E-state index in [0.29, 0.717) is 6.42 Å². The Bertz CT molecular complexity index is 1170. The summed E-state index contributed by atoms with van der Waals surface area (Å²) in [5, 5.41) is 7.47. The molecule has 1 amide bonds. The van der Waals surface area contributed by atoms with Crippen LogP contribution in [0.5, 0.6) is 0 Å². The summed E-state index contributed by atoms with van der Waals surface area (Å²) < 4.78 is 4.82. The van der Waals surface area contributed by atoms with Crippen molar-refractivity contribution in [3.05, 3.63) is 84.4 Å². The average molecular weight is 397 g/mol. The lowest BCUT2D eigenvalue weighted by atomic mass is 9.91. The van der Waals surface area contributed by atoms with Crippen molar-refractivity contribution in [2.75, 3.05) is 7.11 Å². The van der Waals surface area contributed by atoms with Gasteiger partial charge in [0.1, 0.15) is 6.04 Å². The molecule has 4 heteroatoms. The maximum Gasteiger partial charge on any atom is 0.328 e. The smallest absolute Gasteiger partial charge is 0.328 e. The summed E-state index contributed by atoms with van der Waals surface area (Å²) in [6, 6.07) is 26.5. The van der Waals surface area contributed by atoms with Crippen LogP contribution in [-0.2, 0) is 20.7 Å². The number of methoxy groups -OCH3 is 1. The van der Waals surface area contributed by atoms with Crippen LogP contribution in [0.25, 0.3) is 32.7 Å². The molecule has 0 radical (unpaired) electrons. The van der Waals surface area contributed by atoms with Crippen molar-refractivity contribution >= 4 is 33.4 Å². The molecular weight excluding hydrogens is 374 g/mol. The number of carbonyl (C=O) groups is 2. The molecule has 150 valence electrons. The first kappa shape index (κ1) is 19.6. The van der Waals surface area contributed by atoms with Gasteiger partial charge in [-0.1, -0.05) is 72.8 Å². The number of benzene rings is 4. The number of esters is 1. The van der Waals surface area contributed by atoms with E-state index in [0.717, 1.165) is 11.1 Å².